The van der Waals surface area contributed by atoms with Crippen molar-refractivity contribution < 1.29 is 24.0 Å². The van der Waals surface area contributed by atoms with Gasteiger partial charge in [0.2, 0.25) is 0 Å². The van der Waals surface area contributed by atoms with E-state index in [1.807, 2.05) is 6.07 Å². The SMILES string of the molecule is CCOC(=O)CC1(OC)CCc2cc(-c3ccc([N+](=O)[O-])cc3)ccc2C1=O. The summed E-state index contributed by atoms with van der Waals surface area (Å²) in [4.78, 5) is 35.4. The van der Waals surface area contributed by atoms with E-state index in [4.69, 9.17) is 9.47 Å². The molecule has 0 amide bonds. The van der Waals surface area contributed by atoms with Gasteiger partial charge in [-0.05, 0) is 48.6 Å². The lowest BCUT2D eigenvalue weighted by Gasteiger charge is -2.34. The molecule has 0 N–H and O–H groups in total. The van der Waals surface area contributed by atoms with Gasteiger partial charge < -0.3 is 9.47 Å². The van der Waals surface area contributed by atoms with Crippen molar-refractivity contribution in [2.75, 3.05) is 13.7 Å². The third-order valence-corrected chi connectivity index (χ3v) is 5.10. The second-order valence-electron chi connectivity index (χ2n) is 6.69. The number of benzene rings is 2. The average Bonchev–Trinajstić information content (AvgIpc) is 2.70. The average molecular weight is 383 g/mol. The summed E-state index contributed by atoms with van der Waals surface area (Å²) in [5.74, 6) is -0.678. The molecule has 0 spiro atoms. The number of Topliss-reactive ketones (excluding diaryl/α,β-unsaturated/α-hetero) is 1. The molecule has 7 nitrogen and oxygen atoms in total. The van der Waals surface area contributed by atoms with E-state index in [-0.39, 0.29) is 24.5 Å². The van der Waals surface area contributed by atoms with Gasteiger partial charge in [-0.15, -0.1) is 0 Å². The molecule has 0 fully saturated rings. The first-order valence-electron chi connectivity index (χ1n) is 9.03. The van der Waals surface area contributed by atoms with Gasteiger partial charge in [0, 0.05) is 24.8 Å². The number of non-ortho nitro benzene ring substituents is 1. The second kappa shape index (κ2) is 7.90. The largest absolute Gasteiger partial charge is 0.466 e. The molecular weight excluding hydrogens is 362 g/mol. The number of methoxy groups -OCH3 is 1. The van der Waals surface area contributed by atoms with E-state index >= 15 is 0 Å². The number of carbonyl (C=O) groups excluding carboxylic acids is 2. The summed E-state index contributed by atoms with van der Waals surface area (Å²) in [5.41, 5.74) is 1.93. The maximum Gasteiger partial charge on any atom is 0.309 e. The van der Waals surface area contributed by atoms with E-state index in [1.165, 1.54) is 19.2 Å². The van der Waals surface area contributed by atoms with Crippen LogP contribution >= 0.6 is 0 Å². The summed E-state index contributed by atoms with van der Waals surface area (Å²) in [6.45, 7) is 1.97. The monoisotopic (exact) mass is 383 g/mol. The molecule has 28 heavy (non-hydrogen) atoms. The molecular formula is C21H21NO6. The van der Waals surface area contributed by atoms with Gasteiger partial charge in [0.15, 0.2) is 5.78 Å². The molecule has 0 saturated carbocycles. The summed E-state index contributed by atoms with van der Waals surface area (Å²) in [6, 6.07) is 11.7. The topological polar surface area (TPSA) is 95.7 Å². The molecule has 1 unspecified atom stereocenters. The molecule has 0 aromatic heterocycles. The number of ether oxygens (including phenoxy) is 2. The van der Waals surface area contributed by atoms with E-state index < -0.39 is 16.5 Å². The molecule has 0 aliphatic heterocycles. The molecule has 7 heteroatoms. The zero-order valence-corrected chi connectivity index (χ0v) is 15.8. The summed E-state index contributed by atoms with van der Waals surface area (Å²) in [6.07, 6.45) is 0.854. The lowest BCUT2D eigenvalue weighted by atomic mass is 9.76. The van der Waals surface area contributed by atoms with Crippen LogP contribution in [0.15, 0.2) is 42.5 Å². The Morgan fingerprint density at radius 3 is 2.46 bits per heavy atom. The van der Waals surface area contributed by atoms with Crippen molar-refractivity contribution >= 4 is 17.4 Å². The molecule has 1 aliphatic rings. The first-order valence-corrected chi connectivity index (χ1v) is 9.03. The fraction of sp³-hybridized carbons (Fsp3) is 0.333. The highest BCUT2D eigenvalue weighted by Gasteiger charge is 2.45. The third kappa shape index (κ3) is 3.66. The van der Waals surface area contributed by atoms with Crippen molar-refractivity contribution in [2.45, 2.75) is 31.8 Å². The number of nitro groups is 1. The van der Waals surface area contributed by atoms with Crippen molar-refractivity contribution in [3.8, 4) is 11.1 Å². The number of nitro benzene ring substituents is 1. The molecule has 1 aliphatic carbocycles. The molecule has 2 aromatic carbocycles. The van der Waals surface area contributed by atoms with Crippen LogP contribution in [0.4, 0.5) is 5.69 Å². The summed E-state index contributed by atoms with van der Waals surface area (Å²) in [7, 11) is 1.44. The Morgan fingerprint density at radius 2 is 1.86 bits per heavy atom. The maximum absolute atomic E-state index is 13.1. The number of hydrogen-bond acceptors (Lipinski definition) is 6. The van der Waals surface area contributed by atoms with Gasteiger partial charge in [0.05, 0.1) is 18.0 Å². The number of nitrogens with zero attached hydrogens (tertiary/aromatic N) is 1. The van der Waals surface area contributed by atoms with Crippen molar-refractivity contribution in [2.24, 2.45) is 0 Å². The molecule has 0 bridgehead atoms. The highest BCUT2D eigenvalue weighted by Crippen LogP contribution is 2.36. The van der Waals surface area contributed by atoms with Crippen LogP contribution in [0.25, 0.3) is 11.1 Å². The zero-order valence-electron chi connectivity index (χ0n) is 15.8. The van der Waals surface area contributed by atoms with Crippen LogP contribution in [0.1, 0.15) is 35.7 Å². The van der Waals surface area contributed by atoms with Crippen LogP contribution in [0.3, 0.4) is 0 Å². The van der Waals surface area contributed by atoms with Crippen LogP contribution in [-0.2, 0) is 20.7 Å². The number of esters is 1. The van der Waals surface area contributed by atoms with Gasteiger partial charge in [-0.2, -0.15) is 0 Å². The van der Waals surface area contributed by atoms with Gasteiger partial charge in [-0.25, -0.2) is 0 Å². The van der Waals surface area contributed by atoms with Gasteiger partial charge >= 0.3 is 5.97 Å². The van der Waals surface area contributed by atoms with E-state index in [1.54, 1.807) is 31.2 Å². The van der Waals surface area contributed by atoms with E-state index in [0.717, 1.165) is 16.7 Å². The predicted molar refractivity (Wildman–Crippen MR) is 102 cm³/mol. The fourth-order valence-electron chi connectivity index (χ4n) is 3.55. The quantitative estimate of drug-likeness (QED) is 0.428. The maximum atomic E-state index is 13.1. The first kappa shape index (κ1) is 19.7. The van der Waals surface area contributed by atoms with E-state index in [0.29, 0.717) is 18.4 Å². The lowest BCUT2D eigenvalue weighted by Crippen LogP contribution is -2.46. The number of carbonyl (C=O) groups is 2. The number of fused-ring (bicyclic) bond motifs is 1. The fourth-order valence-corrected chi connectivity index (χ4v) is 3.55. The van der Waals surface area contributed by atoms with E-state index in [9.17, 15) is 19.7 Å². The van der Waals surface area contributed by atoms with Crippen LogP contribution in [0.5, 0.6) is 0 Å². The second-order valence-corrected chi connectivity index (χ2v) is 6.69. The minimum Gasteiger partial charge on any atom is -0.466 e. The molecule has 0 heterocycles. The zero-order chi connectivity index (χ0) is 20.3. The molecule has 3 rings (SSSR count). The van der Waals surface area contributed by atoms with Gasteiger partial charge in [0.1, 0.15) is 5.60 Å². The normalized spacial score (nSPS) is 18.4. The summed E-state index contributed by atoms with van der Waals surface area (Å²) in [5, 5.41) is 10.8. The lowest BCUT2D eigenvalue weighted by molar-refractivity contribution is -0.384. The Bertz CT molecular complexity index is 921. The smallest absolute Gasteiger partial charge is 0.309 e. The van der Waals surface area contributed by atoms with Crippen molar-refractivity contribution in [1.29, 1.82) is 0 Å². The summed E-state index contributed by atoms with van der Waals surface area (Å²) >= 11 is 0. The Balaban J connectivity index is 1.89. The minimum absolute atomic E-state index is 0.0285. The Labute approximate surface area is 162 Å². The molecule has 146 valence electrons. The molecule has 0 saturated heterocycles. The third-order valence-electron chi connectivity index (χ3n) is 5.10. The highest BCUT2D eigenvalue weighted by atomic mass is 16.6. The number of hydrogen-bond donors (Lipinski definition) is 0. The van der Waals surface area contributed by atoms with Crippen LogP contribution in [-0.4, -0.2) is 36.0 Å². The van der Waals surface area contributed by atoms with Crippen molar-refractivity contribution in [3.63, 3.8) is 0 Å². The predicted octanol–water partition coefficient (Wildman–Crippen LogP) is 3.73. The minimum atomic E-state index is -1.20. The first-order chi connectivity index (χ1) is 13.4. The molecule has 2 aromatic rings. The Morgan fingerprint density at radius 1 is 1.18 bits per heavy atom. The van der Waals surface area contributed by atoms with Crippen LogP contribution in [0.2, 0.25) is 0 Å². The van der Waals surface area contributed by atoms with Gasteiger partial charge in [0.25, 0.3) is 5.69 Å². The molecule has 1 atom stereocenters. The van der Waals surface area contributed by atoms with Gasteiger partial charge in [-0.3, -0.25) is 19.7 Å². The Hall–Kier alpha value is -3.06. The van der Waals surface area contributed by atoms with E-state index in [2.05, 4.69) is 0 Å². The number of aryl methyl sites for hydroxylation is 1. The van der Waals surface area contributed by atoms with Gasteiger partial charge in [-0.1, -0.05) is 18.2 Å². The highest BCUT2D eigenvalue weighted by molar-refractivity contribution is 6.06. The Kier molecular flexibility index (Phi) is 5.56. The molecule has 0 radical (unpaired) electrons. The van der Waals surface area contributed by atoms with Crippen molar-refractivity contribution in [1.82, 2.24) is 0 Å². The van der Waals surface area contributed by atoms with Crippen LogP contribution in [0, 0.1) is 10.1 Å². The summed E-state index contributed by atoms with van der Waals surface area (Å²) < 4.78 is 10.5. The van der Waals surface area contributed by atoms with Crippen LogP contribution < -0.4 is 0 Å². The number of rotatable bonds is 6. The standard InChI is InChI=1S/C21H21NO6/c1-3-28-19(23)13-21(27-2)11-10-16-12-15(6-9-18(16)20(21)24)14-4-7-17(8-5-14)22(25)26/h4-9,12H,3,10-11,13H2,1-2H3. The number of ketones is 1. The van der Waals surface area contributed by atoms with Crippen molar-refractivity contribution in [3.05, 3.63) is 63.7 Å².